The second-order valence-corrected chi connectivity index (χ2v) is 6.29. The molecule has 2 N–H and O–H groups in total. The minimum absolute atomic E-state index is 0.149. The van der Waals surface area contributed by atoms with Crippen molar-refractivity contribution in [2.45, 2.75) is 11.8 Å². The number of ether oxygens (including phenoxy) is 1. The van der Waals surface area contributed by atoms with Gasteiger partial charge in [0.1, 0.15) is 5.75 Å². The Morgan fingerprint density at radius 2 is 1.86 bits per heavy atom. The summed E-state index contributed by atoms with van der Waals surface area (Å²) in [5.74, 6) is 0.820. The molecule has 1 aromatic heterocycles. The van der Waals surface area contributed by atoms with E-state index in [-0.39, 0.29) is 10.8 Å². The lowest BCUT2D eigenvalue weighted by Crippen LogP contribution is -2.13. The molecule has 0 aliphatic heterocycles. The first-order valence-corrected chi connectivity index (χ1v) is 8.27. The summed E-state index contributed by atoms with van der Waals surface area (Å²) < 4.78 is 32.4. The van der Waals surface area contributed by atoms with Gasteiger partial charge >= 0.3 is 0 Å². The van der Waals surface area contributed by atoms with Crippen LogP contribution in [-0.2, 0) is 10.0 Å². The molecule has 22 heavy (non-hydrogen) atoms. The van der Waals surface area contributed by atoms with Gasteiger partial charge in [0.15, 0.2) is 0 Å². The SMILES string of the molecule is CCOc1ccc(S(=O)(=O)Nc2nc3ccccc3[nH]2)cc1. The Kier molecular flexibility index (Phi) is 3.72. The van der Waals surface area contributed by atoms with Crippen LogP contribution in [0.2, 0.25) is 0 Å². The van der Waals surface area contributed by atoms with Gasteiger partial charge in [-0.1, -0.05) is 12.1 Å². The topological polar surface area (TPSA) is 84.1 Å². The van der Waals surface area contributed by atoms with E-state index in [2.05, 4.69) is 14.7 Å². The number of hydrogen-bond donors (Lipinski definition) is 2. The summed E-state index contributed by atoms with van der Waals surface area (Å²) in [6, 6.07) is 13.6. The lowest BCUT2D eigenvalue weighted by Gasteiger charge is -2.07. The van der Waals surface area contributed by atoms with Crippen LogP contribution in [-0.4, -0.2) is 25.0 Å². The Balaban J connectivity index is 1.86. The molecule has 1 heterocycles. The first kappa shape index (κ1) is 14.4. The standard InChI is InChI=1S/C15H15N3O3S/c1-2-21-11-7-9-12(10-8-11)22(19,20)18-15-16-13-5-3-4-6-14(13)17-15/h3-10H,2H2,1H3,(H2,16,17,18). The number of nitrogens with one attached hydrogen (secondary N) is 2. The van der Waals surface area contributed by atoms with E-state index in [1.165, 1.54) is 12.1 Å². The van der Waals surface area contributed by atoms with Crippen molar-refractivity contribution >= 4 is 27.0 Å². The molecule has 0 aliphatic carbocycles. The molecule has 0 unspecified atom stereocenters. The van der Waals surface area contributed by atoms with Crippen molar-refractivity contribution in [2.24, 2.45) is 0 Å². The zero-order chi connectivity index (χ0) is 15.6. The third-order valence-corrected chi connectivity index (χ3v) is 4.42. The van der Waals surface area contributed by atoms with Gasteiger partial charge in [0, 0.05) is 0 Å². The van der Waals surface area contributed by atoms with E-state index in [0.717, 1.165) is 5.52 Å². The lowest BCUT2D eigenvalue weighted by atomic mass is 10.3. The summed E-state index contributed by atoms with van der Waals surface area (Å²) in [6.45, 7) is 2.40. The molecule has 0 atom stereocenters. The Hall–Kier alpha value is -2.54. The largest absolute Gasteiger partial charge is 0.494 e. The average molecular weight is 317 g/mol. The van der Waals surface area contributed by atoms with E-state index in [0.29, 0.717) is 17.9 Å². The molecule has 7 heteroatoms. The molecular formula is C15H15N3O3S. The molecule has 2 aromatic carbocycles. The van der Waals surface area contributed by atoms with E-state index in [9.17, 15) is 8.42 Å². The van der Waals surface area contributed by atoms with Crippen molar-refractivity contribution in [1.29, 1.82) is 0 Å². The predicted molar refractivity (Wildman–Crippen MR) is 84.5 cm³/mol. The highest BCUT2D eigenvalue weighted by molar-refractivity contribution is 7.92. The molecule has 3 aromatic rings. The van der Waals surface area contributed by atoms with Crippen LogP contribution in [0.25, 0.3) is 11.0 Å². The van der Waals surface area contributed by atoms with Crippen LogP contribution in [0.15, 0.2) is 53.4 Å². The molecule has 0 saturated carbocycles. The highest BCUT2D eigenvalue weighted by Crippen LogP contribution is 2.20. The van der Waals surface area contributed by atoms with Gasteiger partial charge in [-0.25, -0.2) is 18.1 Å². The van der Waals surface area contributed by atoms with Crippen LogP contribution in [0, 0.1) is 0 Å². The van der Waals surface area contributed by atoms with Gasteiger partial charge in [0.25, 0.3) is 10.0 Å². The highest BCUT2D eigenvalue weighted by atomic mass is 32.2. The quantitative estimate of drug-likeness (QED) is 0.758. The monoisotopic (exact) mass is 317 g/mol. The zero-order valence-corrected chi connectivity index (χ0v) is 12.7. The summed E-state index contributed by atoms with van der Waals surface area (Å²) in [4.78, 5) is 7.28. The molecule has 3 rings (SSSR count). The predicted octanol–water partition coefficient (Wildman–Crippen LogP) is 2.76. The second-order valence-electron chi connectivity index (χ2n) is 4.61. The van der Waals surface area contributed by atoms with Crippen molar-refractivity contribution in [2.75, 3.05) is 11.3 Å². The number of hydrogen-bond acceptors (Lipinski definition) is 4. The number of benzene rings is 2. The minimum Gasteiger partial charge on any atom is -0.494 e. The van der Waals surface area contributed by atoms with Gasteiger partial charge in [0.2, 0.25) is 5.95 Å². The highest BCUT2D eigenvalue weighted by Gasteiger charge is 2.16. The third kappa shape index (κ3) is 2.89. The zero-order valence-electron chi connectivity index (χ0n) is 11.9. The number of anilines is 1. The number of para-hydroxylation sites is 2. The summed E-state index contributed by atoms with van der Waals surface area (Å²) in [7, 11) is -3.69. The molecule has 0 saturated heterocycles. The molecule has 6 nitrogen and oxygen atoms in total. The Labute approximate surface area is 128 Å². The van der Waals surface area contributed by atoms with Crippen LogP contribution in [0.1, 0.15) is 6.92 Å². The molecule has 0 bridgehead atoms. The fraction of sp³-hybridized carbons (Fsp3) is 0.133. The van der Waals surface area contributed by atoms with Gasteiger partial charge in [-0.15, -0.1) is 0 Å². The Morgan fingerprint density at radius 3 is 2.55 bits per heavy atom. The van der Waals surface area contributed by atoms with Crippen LogP contribution in [0.3, 0.4) is 0 Å². The number of nitrogens with zero attached hydrogens (tertiary/aromatic N) is 1. The van der Waals surface area contributed by atoms with Crippen molar-refractivity contribution in [1.82, 2.24) is 9.97 Å². The maximum absolute atomic E-state index is 12.3. The molecule has 0 amide bonds. The number of rotatable bonds is 5. The minimum atomic E-state index is -3.69. The average Bonchev–Trinajstić information content (AvgIpc) is 2.89. The Morgan fingerprint density at radius 1 is 1.14 bits per heavy atom. The van der Waals surface area contributed by atoms with E-state index in [1.54, 1.807) is 18.2 Å². The maximum atomic E-state index is 12.3. The normalized spacial score (nSPS) is 11.5. The number of imidazole rings is 1. The van der Waals surface area contributed by atoms with Gasteiger partial charge in [-0.05, 0) is 43.3 Å². The van der Waals surface area contributed by atoms with Crippen molar-refractivity contribution in [3.63, 3.8) is 0 Å². The molecule has 0 radical (unpaired) electrons. The third-order valence-electron chi connectivity index (χ3n) is 3.07. The second kappa shape index (κ2) is 5.69. The fourth-order valence-electron chi connectivity index (χ4n) is 2.07. The maximum Gasteiger partial charge on any atom is 0.264 e. The summed E-state index contributed by atoms with van der Waals surface area (Å²) in [5, 5.41) is 0. The van der Waals surface area contributed by atoms with Crippen molar-refractivity contribution in [3.8, 4) is 5.75 Å². The Bertz CT molecular complexity index is 853. The molecule has 0 aliphatic rings. The van der Waals surface area contributed by atoms with Crippen LogP contribution in [0.4, 0.5) is 5.95 Å². The van der Waals surface area contributed by atoms with Crippen molar-refractivity contribution in [3.05, 3.63) is 48.5 Å². The molecule has 0 fully saturated rings. The molecule has 114 valence electrons. The van der Waals surface area contributed by atoms with E-state index in [1.807, 2.05) is 25.1 Å². The smallest absolute Gasteiger partial charge is 0.264 e. The molecular weight excluding hydrogens is 302 g/mol. The molecule has 0 spiro atoms. The summed E-state index contributed by atoms with van der Waals surface area (Å²) >= 11 is 0. The van der Waals surface area contributed by atoms with Crippen LogP contribution in [0.5, 0.6) is 5.75 Å². The van der Waals surface area contributed by atoms with Gasteiger partial charge in [-0.3, -0.25) is 0 Å². The summed E-state index contributed by atoms with van der Waals surface area (Å²) in [6.07, 6.45) is 0. The number of aromatic nitrogens is 2. The van der Waals surface area contributed by atoms with E-state index in [4.69, 9.17) is 4.74 Å². The fourth-order valence-corrected chi connectivity index (χ4v) is 3.03. The van der Waals surface area contributed by atoms with Gasteiger partial charge in [0.05, 0.1) is 22.5 Å². The number of sulfonamides is 1. The number of aromatic amines is 1. The summed E-state index contributed by atoms with van der Waals surface area (Å²) in [5.41, 5.74) is 1.47. The van der Waals surface area contributed by atoms with Crippen LogP contribution >= 0.6 is 0 Å². The van der Waals surface area contributed by atoms with Crippen LogP contribution < -0.4 is 9.46 Å². The van der Waals surface area contributed by atoms with Gasteiger partial charge < -0.3 is 9.72 Å². The first-order valence-electron chi connectivity index (χ1n) is 6.79. The van der Waals surface area contributed by atoms with Gasteiger partial charge in [-0.2, -0.15) is 0 Å². The number of H-pyrrole nitrogens is 1. The lowest BCUT2D eigenvalue weighted by molar-refractivity contribution is 0.340. The number of fused-ring (bicyclic) bond motifs is 1. The first-order chi connectivity index (χ1) is 10.6. The van der Waals surface area contributed by atoms with E-state index < -0.39 is 10.0 Å². The van der Waals surface area contributed by atoms with E-state index >= 15 is 0 Å². The van der Waals surface area contributed by atoms with Crippen molar-refractivity contribution < 1.29 is 13.2 Å².